The van der Waals surface area contributed by atoms with Crippen molar-refractivity contribution in [2.75, 3.05) is 0 Å². The minimum Gasteiger partial charge on any atom is -0.481 e. The lowest BCUT2D eigenvalue weighted by molar-refractivity contribution is -0.141. The number of carbonyl (C=O) groups excluding carboxylic acids is 1. The van der Waals surface area contributed by atoms with Crippen LogP contribution in [0.3, 0.4) is 0 Å². The highest BCUT2D eigenvalue weighted by atomic mass is 16.4. The maximum atomic E-state index is 11.8. The van der Waals surface area contributed by atoms with Crippen LogP contribution in [0.25, 0.3) is 0 Å². The molecular weight excluding hydrogens is 218 g/mol. The van der Waals surface area contributed by atoms with E-state index >= 15 is 0 Å². The Hall–Kier alpha value is -1.06. The SMILES string of the molecule is O=C(CC1CCCC1)NC1CCC(C(=O)O)C1. The van der Waals surface area contributed by atoms with E-state index in [-0.39, 0.29) is 17.9 Å². The first-order valence-corrected chi connectivity index (χ1v) is 6.67. The van der Waals surface area contributed by atoms with Crippen LogP contribution in [0.1, 0.15) is 51.4 Å². The Labute approximate surface area is 102 Å². The molecule has 0 spiro atoms. The second-order valence-electron chi connectivity index (χ2n) is 5.47. The van der Waals surface area contributed by atoms with Crippen LogP contribution in [-0.4, -0.2) is 23.0 Å². The van der Waals surface area contributed by atoms with Crippen molar-refractivity contribution >= 4 is 11.9 Å². The lowest BCUT2D eigenvalue weighted by atomic mass is 10.0. The monoisotopic (exact) mass is 239 g/mol. The molecule has 1 amide bonds. The second-order valence-corrected chi connectivity index (χ2v) is 5.47. The van der Waals surface area contributed by atoms with Crippen molar-refractivity contribution in [1.82, 2.24) is 5.32 Å². The molecule has 2 saturated carbocycles. The van der Waals surface area contributed by atoms with Gasteiger partial charge in [0.05, 0.1) is 5.92 Å². The average molecular weight is 239 g/mol. The van der Waals surface area contributed by atoms with Gasteiger partial charge in [-0.3, -0.25) is 9.59 Å². The van der Waals surface area contributed by atoms with Crippen LogP contribution >= 0.6 is 0 Å². The molecule has 2 fully saturated rings. The Balaban J connectivity index is 1.70. The fourth-order valence-corrected chi connectivity index (χ4v) is 3.10. The number of carbonyl (C=O) groups is 2. The van der Waals surface area contributed by atoms with Crippen molar-refractivity contribution in [3.8, 4) is 0 Å². The molecule has 17 heavy (non-hydrogen) atoms. The van der Waals surface area contributed by atoms with E-state index in [1.54, 1.807) is 0 Å². The summed E-state index contributed by atoms with van der Waals surface area (Å²) in [6.45, 7) is 0. The van der Waals surface area contributed by atoms with E-state index in [1.807, 2.05) is 0 Å². The number of rotatable bonds is 4. The summed E-state index contributed by atoms with van der Waals surface area (Å²) in [6, 6.07) is 0.0880. The number of nitrogens with one attached hydrogen (secondary N) is 1. The molecule has 2 N–H and O–H groups in total. The second kappa shape index (κ2) is 5.52. The van der Waals surface area contributed by atoms with Crippen LogP contribution in [0.15, 0.2) is 0 Å². The zero-order valence-corrected chi connectivity index (χ0v) is 10.2. The molecule has 0 aliphatic heterocycles. The van der Waals surface area contributed by atoms with Crippen molar-refractivity contribution in [1.29, 1.82) is 0 Å². The van der Waals surface area contributed by atoms with Gasteiger partial charge >= 0.3 is 5.97 Å². The first kappa shape index (κ1) is 12.4. The maximum absolute atomic E-state index is 11.8. The number of carboxylic acids is 1. The summed E-state index contributed by atoms with van der Waals surface area (Å²) >= 11 is 0. The van der Waals surface area contributed by atoms with Crippen molar-refractivity contribution in [3.05, 3.63) is 0 Å². The van der Waals surface area contributed by atoms with Crippen molar-refractivity contribution in [2.24, 2.45) is 11.8 Å². The van der Waals surface area contributed by atoms with E-state index in [0.717, 1.165) is 6.42 Å². The van der Waals surface area contributed by atoms with Crippen molar-refractivity contribution in [2.45, 2.75) is 57.4 Å². The standard InChI is InChI=1S/C13H21NO3/c15-12(7-9-3-1-2-4-9)14-11-6-5-10(8-11)13(16)17/h9-11H,1-8H2,(H,14,15)(H,16,17). The van der Waals surface area contributed by atoms with Gasteiger partial charge in [-0.1, -0.05) is 12.8 Å². The molecule has 2 unspecified atom stereocenters. The fourth-order valence-electron chi connectivity index (χ4n) is 3.10. The van der Waals surface area contributed by atoms with Crippen LogP contribution < -0.4 is 5.32 Å². The Morgan fingerprint density at radius 2 is 1.82 bits per heavy atom. The number of amides is 1. The molecule has 0 aromatic carbocycles. The molecule has 0 saturated heterocycles. The summed E-state index contributed by atoms with van der Waals surface area (Å²) in [5, 5.41) is 11.9. The predicted molar refractivity (Wildman–Crippen MR) is 63.5 cm³/mol. The number of aliphatic carboxylic acids is 1. The van der Waals surface area contributed by atoms with E-state index in [2.05, 4.69) is 5.32 Å². The van der Waals surface area contributed by atoms with Gasteiger partial charge in [-0.2, -0.15) is 0 Å². The van der Waals surface area contributed by atoms with Gasteiger partial charge in [-0.05, 0) is 38.0 Å². The average Bonchev–Trinajstić information content (AvgIpc) is 2.88. The van der Waals surface area contributed by atoms with Gasteiger partial charge in [-0.15, -0.1) is 0 Å². The lowest BCUT2D eigenvalue weighted by Gasteiger charge is -2.14. The Kier molecular flexibility index (Phi) is 4.02. The van der Waals surface area contributed by atoms with Crippen molar-refractivity contribution < 1.29 is 14.7 Å². The molecule has 0 aromatic heterocycles. The zero-order chi connectivity index (χ0) is 12.3. The summed E-state index contributed by atoms with van der Waals surface area (Å²) in [6.07, 6.45) is 7.60. The molecule has 2 rings (SSSR count). The number of hydrogen-bond acceptors (Lipinski definition) is 2. The summed E-state index contributed by atoms with van der Waals surface area (Å²) in [4.78, 5) is 22.6. The van der Waals surface area contributed by atoms with E-state index in [4.69, 9.17) is 5.11 Å². The molecule has 2 aliphatic rings. The van der Waals surface area contributed by atoms with E-state index < -0.39 is 5.97 Å². The fraction of sp³-hybridized carbons (Fsp3) is 0.846. The van der Waals surface area contributed by atoms with E-state index in [0.29, 0.717) is 25.2 Å². The summed E-state index contributed by atoms with van der Waals surface area (Å²) in [5.74, 6) is -0.302. The number of hydrogen-bond donors (Lipinski definition) is 2. The van der Waals surface area contributed by atoms with Gasteiger partial charge in [0.25, 0.3) is 0 Å². The quantitative estimate of drug-likeness (QED) is 0.787. The third kappa shape index (κ3) is 3.45. The topological polar surface area (TPSA) is 66.4 Å². The molecule has 2 aliphatic carbocycles. The van der Waals surface area contributed by atoms with Gasteiger partial charge in [0.1, 0.15) is 0 Å². The molecule has 0 bridgehead atoms. The molecular formula is C13H21NO3. The Morgan fingerprint density at radius 1 is 1.12 bits per heavy atom. The highest BCUT2D eigenvalue weighted by molar-refractivity contribution is 5.77. The minimum atomic E-state index is -0.724. The van der Waals surface area contributed by atoms with Crippen LogP contribution in [0, 0.1) is 11.8 Å². The van der Waals surface area contributed by atoms with Crippen molar-refractivity contribution in [3.63, 3.8) is 0 Å². The molecule has 4 heteroatoms. The Morgan fingerprint density at radius 3 is 2.41 bits per heavy atom. The molecule has 0 radical (unpaired) electrons. The first-order valence-electron chi connectivity index (χ1n) is 6.67. The third-order valence-electron chi connectivity index (χ3n) is 4.10. The molecule has 2 atom stereocenters. The maximum Gasteiger partial charge on any atom is 0.306 e. The summed E-state index contributed by atoms with van der Waals surface area (Å²) < 4.78 is 0. The van der Waals surface area contributed by atoms with Crippen LogP contribution in [0.4, 0.5) is 0 Å². The van der Waals surface area contributed by atoms with Crippen LogP contribution in [0.2, 0.25) is 0 Å². The van der Waals surface area contributed by atoms with E-state index in [9.17, 15) is 9.59 Å². The van der Waals surface area contributed by atoms with E-state index in [1.165, 1.54) is 25.7 Å². The molecule has 96 valence electrons. The van der Waals surface area contributed by atoms with Gasteiger partial charge in [0.15, 0.2) is 0 Å². The summed E-state index contributed by atoms with van der Waals surface area (Å²) in [5.41, 5.74) is 0. The lowest BCUT2D eigenvalue weighted by Crippen LogP contribution is -2.34. The predicted octanol–water partition coefficient (Wildman–Crippen LogP) is 1.94. The van der Waals surface area contributed by atoms with Gasteiger partial charge in [0, 0.05) is 12.5 Å². The third-order valence-corrected chi connectivity index (χ3v) is 4.10. The number of carboxylic acid groups (broad SMARTS) is 1. The minimum absolute atomic E-state index is 0.0880. The molecule has 4 nitrogen and oxygen atoms in total. The zero-order valence-electron chi connectivity index (χ0n) is 10.2. The van der Waals surface area contributed by atoms with Crippen LogP contribution in [-0.2, 0) is 9.59 Å². The highest BCUT2D eigenvalue weighted by Gasteiger charge is 2.30. The Bertz CT molecular complexity index is 297. The highest BCUT2D eigenvalue weighted by Crippen LogP contribution is 2.29. The van der Waals surface area contributed by atoms with Gasteiger partial charge in [-0.25, -0.2) is 0 Å². The van der Waals surface area contributed by atoms with Gasteiger partial charge < -0.3 is 10.4 Å². The smallest absolute Gasteiger partial charge is 0.306 e. The molecule has 0 aromatic rings. The van der Waals surface area contributed by atoms with Gasteiger partial charge in [0.2, 0.25) is 5.91 Å². The normalized spacial score (nSPS) is 29.4. The largest absolute Gasteiger partial charge is 0.481 e. The first-order chi connectivity index (χ1) is 8.15. The molecule has 0 heterocycles. The van der Waals surface area contributed by atoms with Crippen LogP contribution in [0.5, 0.6) is 0 Å². The summed E-state index contributed by atoms with van der Waals surface area (Å²) in [7, 11) is 0.